The Morgan fingerprint density at radius 3 is 2.73 bits per heavy atom. The van der Waals surface area contributed by atoms with Crippen LogP contribution in [0.25, 0.3) is 16.9 Å². The summed E-state index contributed by atoms with van der Waals surface area (Å²) in [6, 6.07) is 13.3. The third-order valence-corrected chi connectivity index (χ3v) is 3.80. The average Bonchev–Trinajstić information content (AvgIpc) is 2.96. The number of aromatic nitrogens is 2. The van der Waals surface area contributed by atoms with Gasteiger partial charge in [0.2, 0.25) is 0 Å². The SMILES string of the molecule is Oc1ccccc1-c1nc(C2C=CC=CN2)c2ccccn12. The highest BCUT2D eigenvalue weighted by molar-refractivity contribution is 5.70. The van der Waals surface area contributed by atoms with Crippen LogP contribution in [0.4, 0.5) is 0 Å². The van der Waals surface area contributed by atoms with Crippen molar-refractivity contribution in [2.75, 3.05) is 0 Å². The maximum Gasteiger partial charge on any atom is 0.148 e. The molecular formula is C18H15N3O. The van der Waals surface area contributed by atoms with Crippen LogP contribution in [0.5, 0.6) is 5.75 Å². The number of hydrogen-bond donors (Lipinski definition) is 2. The minimum Gasteiger partial charge on any atom is -0.507 e. The van der Waals surface area contributed by atoms with Gasteiger partial charge in [0, 0.05) is 6.20 Å². The maximum atomic E-state index is 10.1. The lowest BCUT2D eigenvalue weighted by atomic mass is 10.1. The van der Waals surface area contributed by atoms with E-state index in [1.54, 1.807) is 6.07 Å². The first-order valence-corrected chi connectivity index (χ1v) is 7.19. The summed E-state index contributed by atoms with van der Waals surface area (Å²) in [6.45, 7) is 0. The van der Waals surface area contributed by atoms with E-state index in [-0.39, 0.29) is 11.8 Å². The van der Waals surface area contributed by atoms with Gasteiger partial charge in [0.25, 0.3) is 0 Å². The molecule has 0 fully saturated rings. The Kier molecular flexibility index (Phi) is 2.93. The molecule has 4 nitrogen and oxygen atoms in total. The van der Waals surface area contributed by atoms with Gasteiger partial charge in [-0.05, 0) is 36.5 Å². The number of hydrogen-bond acceptors (Lipinski definition) is 3. The second kappa shape index (κ2) is 5.07. The molecule has 1 atom stereocenters. The van der Waals surface area contributed by atoms with E-state index in [4.69, 9.17) is 4.98 Å². The summed E-state index contributed by atoms with van der Waals surface area (Å²) < 4.78 is 2.01. The topological polar surface area (TPSA) is 49.6 Å². The van der Waals surface area contributed by atoms with Crippen LogP contribution in [0.2, 0.25) is 0 Å². The number of rotatable bonds is 2. The monoisotopic (exact) mass is 289 g/mol. The minimum atomic E-state index is 0.0296. The van der Waals surface area contributed by atoms with Crippen molar-refractivity contribution in [3.63, 3.8) is 0 Å². The highest BCUT2D eigenvalue weighted by Crippen LogP contribution is 2.32. The smallest absolute Gasteiger partial charge is 0.148 e. The molecule has 0 bridgehead atoms. The number of aromatic hydroxyl groups is 1. The summed E-state index contributed by atoms with van der Waals surface area (Å²) in [5.41, 5.74) is 2.70. The number of pyridine rings is 1. The lowest BCUT2D eigenvalue weighted by molar-refractivity contribution is 0.477. The van der Waals surface area contributed by atoms with Crippen LogP contribution in [-0.2, 0) is 0 Å². The molecule has 0 saturated carbocycles. The van der Waals surface area contributed by atoms with Crippen molar-refractivity contribution in [2.45, 2.75) is 6.04 Å². The van der Waals surface area contributed by atoms with Crippen LogP contribution in [0.15, 0.2) is 73.1 Å². The molecule has 0 saturated heterocycles. The standard InChI is InChI=1S/C18H15N3O/c22-16-10-2-1-7-13(16)18-20-17(14-8-3-5-11-19-14)15-9-4-6-12-21(15)18/h1-12,14,19,22H. The number of fused-ring (bicyclic) bond motifs is 1. The van der Waals surface area contributed by atoms with E-state index >= 15 is 0 Å². The first kappa shape index (κ1) is 12.7. The molecule has 2 aromatic heterocycles. The molecule has 1 aliphatic rings. The lowest BCUT2D eigenvalue weighted by Crippen LogP contribution is -2.15. The second-order valence-corrected chi connectivity index (χ2v) is 5.18. The number of dihydropyridines is 1. The van der Waals surface area contributed by atoms with Gasteiger partial charge in [0.1, 0.15) is 11.6 Å². The molecule has 3 aromatic rings. The number of imidazole rings is 1. The zero-order chi connectivity index (χ0) is 14.9. The Balaban J connectivity index is 1.95. The normalized spacial score (nSPS) is 16.8. The fourth-order valence-corrected chi connectivity index (χ4v) is 2.76. The summed E-state index contributed by atoms with van der Waals surface area (Å²) in [6.07, 6.45) is 9.92. The van der Waals surface area contributed by atoms with E-state index in [1.807, 2.05) is 65.3 Å². The van der Waals surface area contributed by atoms with Crippen LogP contribution >= 0.6 is 0 Å². The molecule has 22 heavy (non-hydrogen) atoms. The molecule has 4 rings (SSSR count). The number of phenolic OH excluding ortho intramolecular Hbond substituents is 1. The Bertz CT molecular complexity index is 892. The largest absolute Gasteiger partial charge is 0.507 e. The van der Waals surface area contributed by atoms with Gasteiger partial charge in [-0.15, -0.1) is 0 Å². The van der Waals surface area contributed by atoms with Crippen molar-refractivity contribution in [1.29, 1.82) is 0 Å². The first-order valence-electron chi connectivity index (χ1n) is 7.19. The maximum absolute atomic E-state index is 10.1. The Hall–Kier alpha value is -3.01. The molecule has 0 aliphatic carbocycles. The van der Waals surface area contributed by atoms with Crippen molar-refractivity contribution in [3.05, 3.63) is 78.8 Å². The van der Waals surface area contributed by atoms with Gasteiger partial charge in [-0.2, -0.15) is 0 Å². The van der Waals surface area contributed by atoms with Gasteiger partial charge in [-0.1, -0.05) is 30.4 Å². The van der Waals surface area contributed by atoms with E-state index in [9.17, 15) is 5.11 Å². The zero-order valence-corrected chi connectivity index (χ0v) is 11.8. The molecule has 1 unspecified atom stereocenters. The minimum absolute atomic E-state index is 0.0296. The van der Waals surface area contributed by atoms with E-state index in [1.165, 1.54) is 0 Å². The molecule has 0 spiro atoms. The summed E-state index contributed by atoms with van der Waals surface area (Å²) in [5.74, 6) is 0.977. The molecule has 3 heterocycles. The van der Waals surface area contributed by atoms with Gasteiger partial charge in [0.05, 0.1) is 22.8 Å². The van der Waals surface area contributed by atoms with E-state index < -0.39 is 0 Å². The second-order valence-electron chi connectivity index (χ2n) is 5.18. The van der Waals surface area contributed by atoms with E-state index in [0.29, 0.717) is 0 Å². The molecule has 0 amide bonds. The molecular weight excluding hydrogens is 274 g/mol. The average molecular weight is 289 g/mol. The fraction of sp³-hybridized carbons (Fsp3) is 0.0556. The van der Waals surface area contributed by atoms with Crippen molar-refractivity contribution in [1.82, 2.24) is 14.7 Å². The Morgan fingerprint density at radius 1 is 1.05 bits per heavy atom. The van der Waals surface area contributed by atoms with Crippen LogP contribution < -0.4 is 5.32 Å². The predicted molar refractivity (Wildman–Crippen MR) is 86.4 cm³/mol. The van der Waals surface area contributed by atoms with Crippen molar-refractivity contribution in [3.8, 4) is 17.1 Å². The molecule has 1 aromatic carbocycles. The van der Waals surface area contributed by atoms with Crippen molar-refractivity contribution < 1.29 is 5.11 Å². The summed E-state index contributed by atoms with van der Waals surface area (Å²) in [7, 11) is 0. The van der Waals surface area contributed by atoms with Gasteiger partial charge in [0.15, 0.2) is 0 Å². The van der Waals surface area contributed by atoms with Crippen LogP contribution in [-0.4, -0.2) is 14.5 Å². The summed E-state index contributed by atoms with van der Waals surface area (Å²) in [4.78, 5) is 4.80. The lowest BCUT2D eigenvalue weighted by Gasteiger charge is -2.13. The van der Waals surface area contributed by atoms with Gasteiger partial charge in [-0.25, -0.2) is 4.98 Å². The number of allylic oxidation sites excluding steroid dienone is 2. The number of nitrogens with one attached hydrogen (secondary N) is 1. The molecule has 108 valence electrons. The molecule has 4 heteroatoms. The summed E-state index contributed by atoms with van der Waals surface area (Å²) >= 11 is 0. The quantitative estimate of drug-likeness (QED) is 0.760. The predicted octanol–water partition coefficient (Wildman–Crippen LogP) is 3.42. The van der Waals surface area contributed by atoms with Crippen LogP contribution in [0.3, 0.4) is 0 Å². The molecule has 1 aliphatic heterocycles. The number of para-hydroxylation sites is 1. The highest BCUT2D eigenvalue weighted by atomic mass is 16.3. The van der Waals surface area contributed by atoms with Crippen molar-refractivity contribution >= 4 is 5.52 Å². The van der Waals surface area contributed by atoms with Gasteiger partial charge >= 0.3 is 0 Å². The van der Waals surface area contributed by atoms with E-state index in [0.717, 1.165) is 22.6 Å². The molecule has 2 N–H and O–H groups in total. The Labute approximate surface area is 128 Å². The first-order chi connectivity index (χ1) is 10.8. The number of benzene rings is 1. The number of nitrogens with zero attached hydrogens (tertiary/aromatic N) is 2. The number of phenols is 1. The van der Waals surface area contributed by atoms with Crippen LogP contribution in [0.1, 0.15) is 11.7 Å². The third kappa shape index (κ3) is 1.97. The van der Waals surface area contributed by atoms with Gasteiger partial charge in [-0.3, -0.25) is 4.40 Å². The van der Waals surface area contributed by atoms with Gasteiger partial charge < -0.3 is 10.4 Å². The fourth-order valence-electron chi connectivity index (χ4n) is 2.76. The van der Waals surface area contributed by atoms with Crippen molar-refractivity contribution in [2.24, 2.45) is 0 Å². The highest BCUT2D eigenvalue weighted by Gasteiger charge is 2.19. The van der Waals surface area contributed by atoms with E-state index in [2.05, 4.69) is 11.4 Å². The van der Waals surface area contributed by atoms with Crippen LogP contribution in [0, 0.1) is 0 Å². The Morgan fingerprint density at radius 2 is 1.91 bits per heavy atom. The molecule has 0 radical (unpaired) electrons. The summed E-state index contributed by atoms with van der Waals surface area (Å²) in [5, 5.41) is 13.5. The zero-order valence-electron chi connectivity index (χ0n) is 11.8. The third-order valence-electron chi connectivity index (χ3n) is 3.80.